The van der Waals surface area contributed by atoms with Crippen molar-refractivity contribution in [3.63, 3.8) is 0 Å². The molecule has 1 amide bonds. The number of likely N-dealkylation sites (N-methyl/N-ethyl adjacent to an activating group) is 1. The summed E-state index contributed by atoms with van der Waals surface area (Å²) in [6, 6.07) is 0.352. The molecule has 0 bridgehead atoms. The van der Waals surface area contributed by atoms with Crippen molar-refractivity contribution < 1.29 is 4.79 Å². The summed E-state index contributed by atoms with van der Waals surface area (Å²) in [5.74, 6) is 0.831. The fourth-order valence-electron chi connectivity index (χ4n) is 2.44. The van der Waals surface area contributed by atoms with Crippen molar-refractivity contribution in [2.45, 2.75) is 58.0 Å². The van der Waals surface area contributed by atoms with Crippen molar-refractivity contribution in [3.05, 3.63) is 0 Å². The van der Waals surface area contributed by atoms with Gasteiger partial charge in [0.15, 0.2) is 0 Å². The predicted octanol–water partition coefficient (Wildman–Crippen LogP) is 1.35. The van der Waals surface area contributed by atoms with Crippen molar-refractivity contribution in [2.24, 2.45) is 11.7 Å². The molecule has 1 atom stereocenters. The van der Waals surface area contributed by atoms with E-state index in [1.54, 1.807) is 0 Å². The molecule has 1 saturated carbocycles. The SMILES string of the molecule is CCCCCNC(=O)C(C)N(C)CC1CC(N)C1. The van der Waals surface area contributed by atoms with E-state index < -0.39 is 0 Å². The van der Waals surface area contributed by atoms with E-state index in [9.17, 15) is 4.79 Å². The highest BCUT2D eigenvalue weighted by molar-refractivity contribution is 5.81. The standard InChI is InChI=1S/C14H29N3O/c1-4-5-6-7-16-14(18)11(2)17(3)10-12-8-13(15)9-12/h11-13H,4-10,15H2,1-3H3,(H,16,18). The van der Waals surface area contributed by atoms with Crippen LogP contribution < -0.4 is 11.1 Å². The number of nitrogens with zero attached hydrogens (tertiary/aromatic N) is 1. The molecule has 0 radical (unpaired) electrons. The maximum atomic E-state index is 11.9. The van der Waals surface area contributed by atoms with Gasteiger partial charge in [0, 0.05) is 19.1 Å². The van der Waals surface area contributed by atoms with Gasteiger partial charge in [0.2, 0.25) is 5.91 Å². The summed E-state index contributed by atoms with van der Waals surface area (Å²) in [5.41, 5.74) is 5.78. The summed E-state index contributed by atoms with van der Waals surface area (Å²) in [4.78, 5) is 14.1. The number of rotatable bonds is 8. The molecular weight excluding hydrogens is 226 g/mol. The summed E-state index contributed by atoms with van der Waals surface area (Å²) >= 11 is 0. The van der Waals surface area contributed by atoms with Crippen LogP contribution in [-0.2, 0) is 4.79 Å². The maximum absolute atomic E-state index is 11.9. The molecule has 4 nitrogen and oxygen atoms in total. The Balaban J connectivity index is 2.16. The molecule has 0 heterocycles. The van der Waals surface area contributed by atoms with Crippen molar-refractivity contribution in [3.8, 4) is 0 Å². The van der Waals surface area contributed by atoms with Crippen molar-refractivity contribution >= 4 is 5.91 Å². The summed E-state index contributed by atoms with van der Waals surface area (Å²) in [6.45, 7) is 5.94. The minimum atomic E-state index is -0.0385. The van der Waals surface area contributed by atoms with Crippen LogP contribution in [0.4, 0.5) is 0 Å². The number of hydrogen-bond acceptors (Lipinski definition) is 3. The first-order valence-corrected chi connectivity index (χ1v) is 7.28. The Morgan fingerprint density at radius 1 is 1.44 bits per heavy atom. The summed E-state index contributed by atoms with van der Waals surface area (Å²) in [7, 11) is 2.03. The van der Waals surface area contributed by atoms with Crippen LogP contribution in [0.25, 0.3) is 0 Å². The van der Waals surface area contributed by atoms with Gasteiger partial charge in [-0.1, -0.05) is 19.8 Å². The fraction of sp³-hybridized carbons (Fsp3) is 0.929. The zero-order valence-electron chi connectivity index (χ0n) is 12.1. The molecule has 1 rings (SSSR count). The average Bonchev–Trinajstić information content (AvgIpc) is 2.31. The Hall–Kier alpha value is -0.610. The Morgan fingerprint density at radius 2 is 2.11 bits per heavy atom. The lowest BCUT2D eigenvalue weighted by molar-refractivity contribution is -0.125. The molecule has 4 heteroatoms. The van der Waals surface area contributed by atoms with Gasteiger partial charge in [-0.15, -0.1) is 0 Å². The molecule has 0 aliphatic heterocycles. The zero-order valence-corrected chi connectivity index (χ0v) is 12.1. The van der Waals surface area contributed by atoms with Gasteiger partial charge in [0.1, 0.15) is 0 Å². The molecule has 3 N–H and O–H groups in total. The topological polar surface area (TPSA) is 58.4 Å². The van der Waals surface area contributed by atoms with Crippen molar-refractivity contribution in [1.29, 1.82) is 0 Å². The van der Waals surface area contributed by atoms with E-state index in [2.05, 4.69) is 17.1 Å². The number of carbonyl (C=O) groups is 1. The van der Waals surface area contributed by atoms with E-state index in [1.165, 1.54) is 12.8 Å². The third kappa shape index (κ3) is 4.94. The molecule has 1 unspecified atom stereocenters. The van der Waals surface area contributed by atoms with Crippen LogP contribution in [0.15, 0.2) is 0 Å². The van der Waals surface area contributed by atoms with Crippen LogP contribution in [0, 0.1) is 5.92 Å². The van der Waals surface area contributed by atoms with Crippen LogP contribution in [0.3, 0.4) is 0 Å². The van der Waals surface area contributed by atoms with E-state index in [1.807, 2.05) is 14.0 Å². The summed E-state index contributed by atoms with van der Waals surface area (Å²) < 4.78 is 0. The molecule has 0 saturated heterocycles. The van der Waals surface area contributed by atoms with Gasteiger partial charge in [-0.2, -0.15) is 0 Å². The number of amides is 1. The lowest BCUT2D eigenvalue weighted by Crippen LogP contribution is -2.48. The predicted molar refractivity (Wildman–Crippen MR) is 75.3 cm³/mol. The molecule has 0 spiro atoms. The number of nitrogens with two attached hydrogens (primary N) is 1. The van der Waals surface area contributed by atoms with Crippen LogP contribution in [0.2, 0.25) is 0 Å². The first-order valence-electron chi connectivity index (χ1n) is 7.28. The van der Waals surface area contributed by atoms with Gasteiger partial charge in [-0.25, -0.2) is 0 Å². The molecule has 0 aromatic heterocycles. The van der Waals surface area contributed by atoms with Crippen LogP contribution in [-0.4, -0.2) is 43.0 Å². The van der Waals surface area contributed by atoms with Crippen LogP contribution >= 0.6 is 0 Å². The molecular formula is C14H29N3O. The molecule has 106 valence electrons. The molecule has 0 aromatic carbocycles. The third-order valence-corrected chi connectivity index (χ3v) is 3.94. The van der Waals surface area contributed by atoms with Gasteiger partial charge >= 0.3 is 0 Å². The zero-order chi connectivity index (χ0) is 13.5. The van der Waals surface area contributed by atoms with E-state index in [0.717, 1.165) is 32.4 Å². The molecule has 1 aliphatic carbocycles. The number of hydrogen-bond donors (Lipinski definition) is 2. The minimum Gasteiger partial charge on any atom is -0.355 e. The summed E-state index contributed by atoms with van der Waals surface area (Å²) in [5, 5.41) is 3.01. The number of carbonyl (C=O) groups excluding carboxylic acids is 1. The molecule has 1 aliphatic rings. The van der Waals surface area contributed by atoms with Gasteiger partial charge in [0.05, 0.1) is 6.04 Å². The van der Waals surface area contributed by atoms with E-state index in [4.69, 9.17) is 5.73 Å². The maximum Gasteiger partial charge on any atom is 0.237 e. The number of nitrogens with one attached hydrogen (secondary N) is 1. The fourth-order valence-corrected chi connectivity index (χ4v) is 2.44. The van der Waals surface area contributed by atoms with E-state index in [0.29, 0.717) is 12.0 Å². The first-order chi connectivity index (χ1) is 8.54. The Labute approximate surface area is 111 Å². The second-order valence-corrected chi connectivity index (χ2v) is 5.71. The highest BCUT2D eigenvalue weighted by atomic mass is 16.2. The molecule has 18 heavy (non-hydrogen) atoms. The normalized spacial score (nSPS) is 24.7. The second-order valence-electron chi connectivity index (χ2n) is 5.71. The summed E-state index contributed by atoms with van der Waals surface area (Å²) in [6.07, 6.45) is 5.66. The third-order valence-electron chi connectivity index (χ3n) is 3.94. The highest BCUT2D eigenvalue weighted by Gasteiger charge is 2.29. The van der Waals surface area contributed by atoms with Gasteiger partial charge in [0.25, 0.3) is 0 Å². The monoisotopic (exact) mass is 255 g/mol. The first kappa shape index (κ1) is 15.4. The largest absolute Gasteiger partial charge is 0.355 e. The highest BCUT2D eigenvalue weighted by Crippen LogP contribution is 2.26. The smallest absolute Gasteiger partial charge is 0.237 e. The Kier molecular flexibility index (Phi) is 6.65. The van der Waals surface area contributed by atoms with E-state index >= 15 is 0 Å². The van der Waals surface area contributed by atoms with E-state index in [-0.39, 0.29) is 11.9 Å². The molecule has 1 fully saturated rings. The number of unbranched alkanes of at least 4 members (excludes halogenated alkanes) is 2. The van der Waals surface area contributed by atoms with Gasteiger partial charge in [-0.05, 0) is 39.2 Å². The lowest BCUT2D eigenvalue weighted by atomic mass is 9.80. The lowest BCUT2D eigenvalue weighted by Gasteiger charge is -2.36. The van der Waals surface area contributed by atoms with Gasteiger partial charge in [-0.3, -0.25) is 9.69 Å². The Morgan fingerprint density at radius 3 is 2.67 bits per heavy atom. The van der Waals surface area contributed by atoms with Gasteiger partial charge < -0.3 is 11.1 Å². The quantitative estimate of drug-likeness (QED) is 0.644. The van der Waals surface area contributed by atoms with Crippen LogP contribution in [0.1, 0.15) is 46.0 Å². The Bertz CT molecular complexity index is 251. The van der Waals surface area contributed by atoms with Crippen LogP contribution in [0.5, 0.6) is 0 Å². The van der Waals surface area contributed by atoms with Crippen molar-refractivity contribution in [2.75, 3.05) is 20.1 Å². The minimum absolute atomic E-state index is 0.0385. The van der Waals surface area contributed by atoms with Crippen molar-refractivity contribution in [1.82, 2.24) is 10.2 Å². The molecule has 0 aromatic rings. The second kappa shape index (κ2) is 7.74. The average molecular weight is 255 g/mol.